The summed E-state index contributed by atoms with van der Waals surface area (Å²) in [5.41, 5.74) is 13.8. The smallest absolute Gasteiger partial charge is 0.156 e. The average Bonchev–Trinajstić information content (AvgIpc) is 3.80. The van der Waals surface area contributed by atoms with Crippen LogP contribution in [0.3, 0.4) is 0 Å². The molecule has 0 saturated carbocycles. The van der Waals surface area contributed by atoms with Gasteiger partial charge in [-0.25, -0.2) is 0 Å². The SMILES string of the molecule is c1ccc(-c2ccc(N(c3cccc4c3Oc3ccccc3C43c4ccccc4-c4ccccc43)c3cc4ccccc4c4oc5ccccc5c34)cc2)cc1. The molecular weight excluding hydrogens is 683 g/mol. The molecule has 12 rings (SSSR count). The summed E-state index contributed by atoms with van der Waals surface area (Å²) in [4.78, 5) is 2.39. The summed E-state index contributed by atoms with van der Waals surface area (Å²) in [7, 11) is 0. The zero-order valence-corrected chi connectivity index (χ0v) is 30.3. The zero-order valence-electron chi connectivity index (χ0n) is 30.3. The molecule has 1 spiro atoms. The number of hydrogen-bond donors (Lipinski definition) is 0. The first-order valence-electron chi connectivity index (χ1n) is 19.2. The van der Waals surface area contributed by atoms with Gasteiger partial charge in [-0.05, 0) is 75.2 Å². The minimum Gasteiger partial charge on any atom is -0.455 e. The van der Waals surface area contributed by atoms with E-state index in [1.807, 2.05) is 6.07 Å². The number of rotatable bonds is 4. The number of fused-ring (bicyclic) bond motifs is 14. The Bertz CT molecular complexity index is 3130. The molecule has 3 heteroatoms. The van der Waals surface area contributed by atoms with Crippen LogP contribution < -0.4 is 9.64 Å². The fraction of sp³-hybridized carbons (Fsp3) is 0.0189. The number of hydrogen-bond acceptors (Lipinski definition) is 3. The Hall–Kier alpha value is -7.36. The molecule has 2 aliphatic rings. The number of para-hydroxylation sites is 3. The first-order valence-corrected chi connectivity index (χ1v) is 19.2. The maximum atomic E-state index is 7.25. The lowest BCUT2D eigenvalue weighted by Gasteiger charge is -2.41. The normalized spacial score (nSPS) is 13.3. The van der Waals surface area contributed by atoms with Crippen molar-refractivity contribution in [3.8, 4) is 33.8 Å². The van der Waals surface area contributed by atoms with Crippen LogP contribution in [0.4, 0.5) is 17.1 Å². The van der Waals surface area contributed by atoms with Gasteiger partial charge in [-0.2, -0.15) is 0 Å². The predicted octanol–water partition coefficient (Wildman–Crippen LogP) is 14.3. The van der Waals surface area contributed by atoms with Crippen LogP contribution in [0.25, 0.3) is 55.0 Å². The Balaban J connectivity index is 1.19. The van der Waals surface area contributed by atoms with Crippen molar-refractivity contribution in [2.24, 2.45) is 0 Å². The Labute approximate surface area is 324 Å². The third-order valence-corrected chi connectivity index (χ3v) is 11.9. The Morgan fingerprint density at radius 1 is 0.429 bits per heavy atom. The maximum Gasteiger partial charge on any atom is 0.156 e. The molecule has 0 fully saturated rings. The van der Waals surface area contributed by atoms with Crippen molar-refractivity contribution >= 4 is 49.8 Å². The van der Waals surface area contributed by atoms with Gasteiger partial charge in [-0.1, -0.05) is 164 Å². The van der Waals surface area contributed by atoms with E-state index in [9.17, 15) is 0 Å². The summed E-state index contributed by atoms with van der Waals surface area (Å²) in [6.45, 7) is 0. The van der Waals surface area contributed by atoms with Gasteiger partial charge in [0.25, 0.3) is 0 Å². The molecule has 0 unspecified atom stereocenters. The van der Waals surface area contributed by atoms with Gasteiger partial charge in [0.15, 0.2) is 5.75 Å². The van der Waals surface area contributed by atoms with Crippen molar-refractivity contribution < 1.29 is 9.15 Å². The minimum absolute atomic E-state index is 0.586. The van der Waals surface area contributed by atoms with Gasteiger partial charge in [-0.15, -0.1) is 0 Å². The van der Waals surface area contributed by atoms with Gasteiger partial charge < -0.3 is 14.1 Å². The van der Waals surface area contributed by atoms with Crippen LogP contribution >= 0.6 is 0 Å². The number of nitrogens with zero attached hydrogens (tertiary/aromatic N) is 1. The van der Waals surface area contributed by atoms with Crippen LogP contribution in [0.1, 0.15) is 22.3 Å². The molecule has 0 saturated heterocycles. The molecule has 1 aromatic heterocycles. The highest BCUT2D eigenvalue weighted by Crippen LogP contribution is 2.64. The fourth-order valence-corrected chi connectivity index (χ4v) is 9.60. The van der Waals surface area contributed by atoms with Gasteiger partial charge in [0, 0.05) is 27.6 Å². The Morgan fingerprint density at radius 3 is 1.82 bits per heavy atom. The maximum absolute atomic E-state index is 7.25. The lowest BCUT2D eigenvalue weighted by Crippen LogP contribution is -2.32. The molecule has 0 bridgehead atoms. The minimum atomic E-state index is -0.586. The highest BCUT2D eigenvalue weighted by molar-refractivity contribution is 6.22. The summed E-state index contributed by atoms with van der Waals surface area (Å²) >= 11 is 0. The molecule has 0 radical (unpaired) electrons. The van der Waals surface area contributed by atoms with Crippen molar-refractivity contribution in [1.82, 2.24) is 0 Å². The standard InChI is InChI=1S/C53H33NO2/c1-2-15-34(16-3-1)35-29-31-37(32-30-35)54(47-33-36-17-4-5-18-38(36)51-50(47)41-21-8-12-27-48(41)55-51)46-26-14-25-45-52(46)56-49-28-13-11-24-44(49)53(45)42-22-9-6-19-39(42)40-20-7-10-23-43(40)53/h1-33H. The largest absolute Gasteiger partial charge is 0.455 e. The van der Waals surface area contributed by atoms with Crippen molar-refractivity contribution in [2.75, 3.05) is 4.90 Å². The second kappa shape index (κ2) is 11.8. The molecule has 9 aromatic carbocycles. The van der Waals surface area contributed by atoms with E-state index in [-0.39, 0.29) is 0 Å². The summed E-state index contributed by atoms with van der Waals surface area (Å²) in [5, 5.41) is 4.32. The summed E-state index contributed by atoms with van der Waals surface area (Å²) in [6.07, 6.45) is 0. The van der Waals surface area contributed by atoms with E-state index in [0.29, 0.717) is 0 Å². The van der Waals surface area contributed by atoms with Crippen LogP contribution in [0, 0.1) is 0 Å². The molecule has 3 nitrogen and oxygen atoms in total. The molecular formula is C53H33NO2. The number of furan rings is 1. The fourth-order valence-electron chi connectivity index (χ4n) is 9.60. The third kappa shape index (κ3) is 4.22. The van der Waals surface area contributed by atoms with Crippen LogP contribution in [0.2, 0.25) is 0 Å². The molecule has 1 aliphatic heterocycles. The van der Waals surface area contributed by atoms with Crippen molar-refractivity contribution in [1.29, 1.82) is 0 Å². The predicted molar refractivity (Wildman–Crippen MR) is 229 cm³/mol. The molecule has 1 aliphatic carbocycles. The molecule has 10 aromatic rings. The molecule has 0 amide bonds. The second-order valence-electron chi connectivity index (χ2n) is 14.8. The number of benzene rings is 9. The first-order chi connectivity index (χ1) is 27.8. The van der Waals surface area contributed by atoms with E-state index >= 15 is 0 Å². The van der Waals surface area contributed by atoms with E-state index in [1.165, 1.54) is 27.8 Å². The van der Waals surface area contributed by atoms with E-state index < -0.39 is 5.41 Å². The van der Waals surface area contributed by atoms with E-state index in [2.05, 4.69) is 199 Å². The lowest BCUT2D eigenvalue weighted by atomic mass is 9.66. The van der Waals surface area contributed by atoms with Gasteiger partial charge >= 0.3 is 0 Å². The van der Waals surface area contributed by atoms with E-state index in [4.69, 9.17) is 9.15 Å². The summed E-state index contributed by atoms with van der Waals surface area (Å²) in [6, 6.07) is 71.7. The molecule has 0 atom stereocenters. The second-order valence-corrected chi connectivity index (χ2v) is 14.8. The highest BCUT2D eigenvalue weighted by Gasteiger charge is 2.51. The average molecular weight is 716 g/mol. The quantitative estimate of drug-likeness (QED) is 0.181. The van der Waals surface area contributed by atoms with Gasteiger partial charge in [0.05, 0.1) is 22.2 Å². The van der Waals surface area contributed by atoms with E-state index in [0.717, 1.165) is 78.0 Å². The van der Waals surface area contributed by atoms with Gasteiger partial charge in [0.2, 0.25) is 0 Å². The summed E-state index contributed by atoms with van der Waals surface area (Å²) < 4.78 is 14.0. The van der Waals surface area contributed by atoms with Crippen LogP contribution in [0.5, 0.6) is 11.5 Å². The summed E-state index contributed by atoms with van der Waals surface area (Å²) in [5.74, 6) is 1.69. The zero-order chi connectivity index (χ0) is 36.8. The van der Waals surface area contributed by atoms with Crippen LogP contribution in [0.15, 0.2) is 205 Å². The van der Waals surface area contributed by atoms with Gasteiger partial charge in [0.1, 0.15) is 16.9 Å². The topological polar surface area (TPSA) is 25.6 Å². The molecule has 2 heterocycles. The third-order valence-electron chi connectivity index (χ3n) is 11.9. The Morgan fingerprint density at radius 2 is 1.04 bits per heavy atom. The first kappa shape index (κ1) is 31.0. The number of anilines is 3. The van der Waals surface area contributed by atoms with E-state index in [1.54, 1.807) is 0 Å². The number of ether oxygens (including phenoxy) is 1. The molecule has 262 valence electrons. The van der Waals surface area contributed by atoms with Crippen molar-refractivity contribution in [3.05, 3.63) is 222 Å². The van der Waals surface area contributed by atoms with Gasteiger partial charge in [-0.3, -0.25) is 0 Å². The lowest BCUT2D eigenvalue weighted by molar-refractivity contribution is 0.437. The highest BCUT2D eigenvalue weighted by atomic mass is 16.5. The monoisotopic (exact) mass is 715 g/mol. The van der Waals surface area contributed by atoms with Crippen molar-refractivity contribution in [3.63, 3.8) is 0 Å². The molecule has 0 N–H and O–H groups in total. The van der Waals surface area contributed by atoms with Crippen LogP contribution in [-0.4, -0.2) is 0 Å². The van der Waals surface area contributed by atoms with Crippen LogP contribution in [-0.2, 0) is 5.41 Å². The molecule has 56 heavy (non-hydrogen) atoms. The Kier molecular flexibility index (Phi) is 6.55. The van der Waals surface area contributed by atoms with Crippen molar-refractivity contribution in [2.45, 2.75) is 5.41 Å².